The predicted octanol–water partition coefficient (Wildman–Crippen LogP) is 4.19. The van der Waals surface area contributed by atoms with Crippen molar-refractivity contribution in [3.63, 3.8) is 0 Å². The Morgan fingerprint density at radius 3 is 2.32 bits per heavy atom. The maximum absolute atomic E-state index is 12.0. The molecule has 25 heavy (non-hydrogen) atoms. The van der Waals surface area contributed by atoms with E-state index in [0.29, 0.717) is 12.1 Å². The summed E-state index contributed by atoms with van der Waals surface area (Å²) in [6.45, 7) is 2.41. The van der Waals surface area contributed by atoms with E-state index in [-0.39, 0.29) is 30.6 Å². The van der Waals surface area contributed by atoms with E-state index >= 15 is 0 Å². The third-order valence-electron chi connectivity index (χ3n) is 3.43. The predicted molar refractivity (Wildman–Crippen MR) is 105 cm³/mol. The summed E-state index contributed by atoms with van der Waals surface area (Å²) in [5.41, 5.74) is 1.74. The van der Waals surface area contributed by atoms with Gasteiger partial charge in [0.15, 0.2) is 5.96 Å². The zero-order chi connectivity index (χ0) is 18.0. The fraction of sp³-hybridized carbons (Fsp3) is 0.588. The van der Waals surface area contributed by atoms with Crippen LogP contribution in [0.25, 0.3) is 0 Å². The van der Waals surface area contributed by atoms with E-state index in [1.807, 2.05) is 19.2 Å². The highest BCUT2D eigenvalue weighted by Gasteiger charge is 2.27. The van der Waals surface area contributed by atoms with Gasteiger partial charge in [0, 0.05) is 27.2 Å². The quantitative estimate of drug-likeness (QED) is 0.350. The number of hydrogen-bond acceptors (Lipinski definition) is 2. The number of alkyl halides is 3. The Labute approximate surface area is 164 Å². The maximum atomic E-state index is 12.0. The van der Waals surface area contributed by atoms with E-state index < -0.39 is 12.8 Å². The van der Waals surface area contributed by atoms with Gasteiger partial charge < -0.3 is 15.0 Å². The van der Waals surface area contributed by atoms with Crippen molar-refractivity contribution in [1.29, 1.82) is 0 Å². The average molecular weight is 473 g/mol. The first kappa shape index (κ1) is 24.0. The van der Waals surface area contributed by atoms with Crippen molar-refractivity contribution in [1.82, 2.24) is 10.2 Å². The van der Waals surface area contributed by atoms with Crippen molar-refractivity contribution < 1.29 is 17.9 Å². The van der Waals surface area contributed by atoms with Crippen LogP contribution in [0, 0.1) is 0 Å². The highest BCUT2D eigenvalue weighted by Crippen LogP contribution is 2.15. The lowest BCUT2D eigenvalue weighted by molar-refractivity contribution is -0.176. The largest absolute Gasteiger partial charge is 0.411 e. The number of unbranched alkanes of at least 4 members (excludes halogenated alkanes) is 1. The van der Waals surface area contributed by atoms with Gasteiger partial charge in [0.1, 0.15) is 6.61 Å². The summed E-state index contributed by atoms with van der Waals surface area (Å²) in [4.78, 5) is 6.31. The third-order valence-corrected chi connectivity index (χ3v) is 3.43. The molecule has 1 aromatic carbocycles. The first-order valence-electron chi connectivity index (χ1n) is 7.99. The van der Waals surface area contributed by atoms with Crippen molar-refractivity contribution in [2.75, 3.05) is 27.2 Å². The number of aliphatic imine (C=N–C) groups is 1. The molecule has 0 aliphatic carbocycles. The molecule has 0 bridgehead atoms. The van der Waals surface area contributed by atoms with Crippen LogP contribution in [0.2, 0.25) is 0 Å². The molecule has 0 amide bonds. The van der Waals surface area contributed by atoms with E-state index in [9.17, 15) is 13.2 Å². The van der Waals surface area contributed by atoms with Crippen LogP contribution in [0.4, 0.5) is 13.2 Å². The van der Waals surface area contributed by atoms with Gasteiger partial charge in [-0.2, -0.15) is 13.2 Å². The smallest absolute Gasteiger partial charge is 0.367 e. The number of benzene rings is 1. The van der Waals surface area contributed by atoms with E-state index in [1.54, 1.807) is 19.2 Å². The van der Waals surface area contributed by atoms with Crippen LogP contribution in [0.5, 0.6) is 0 Å². The van der Waals surface area contributed by atoms with Crippen LogP contribution in [0.1, 0.15) is 30.9 Å². The number of nitrogens with one attached hydrogen (secondary N) is 1. The molecule has 0 aliphatic heterocycles. The Hall–Kier alpha value is -1.03. The summed E-state index contributed by atoms with van der Waals surface area (Å²) in [7, 11) is 3.73. The molecule has 0 atom stereocenters. The van der Waals surface area contributed by atoms with Gasteiger partial charge in [0.2, 0.25) is 0 Å². The van der Waals surface area contributed by atoms with Gasteiger partial charge in [-0.25, -0.2) is 0 Å². The van der Waals surface area contributed by atoms with Gasteiger partial charge in [0.25, 0.3) is 0 Å². The van der Waals surface area contributed by atoms with Crippen LogP contribution < -0.4 is 5.32 Å². The molecule has 4 nitrogen and oxygen atoms in total. The second-order valence-electron chi connectivity index (χ2n) is 5.60. The molecule has 1 N–H and O–H groups in total. The maximum Gasteiger partial charge on any atom is 0.411 e. The molecule has 0 spiro atoms. The molecule has 8 heteroatoms. The highest BCUT2D eigenvalue weighted by atomic mass is 127. The summed E-state index contributed by atoms with van der Waals surface area (Å²) >= 11 is 0. The van der Waals surface area contributed by atoms with E-state index in [2.05, 4.69) is 26.9 Å². The minimum Gasteiger partial charge on any atom is -0.367 e. The fourth-order valence-electron chi connectivity index (χ4n) is 2.10. The summed E-state index contributed by atoms with van der Waals surface area (Å²) in [6, 6.07) is 7.30. The number of halogens is 4. The third kappa shape index (κ3) is 10.5. The van der Waals surface area contributed by atoms with Crippen LogP contribution >= 0.6 is 24.0 Å². The van der Waals surface area contributed by atoms with E-state index in [1.165, 1.54) is 0 Å². The molecule has 1 aromatic rings. The van der Waals surface area contributed by atoms with Gasteiger partial charge in [-0.05, 0) is 17.5 Å². The van der Waals surface area contributed by atoms with Crippen LogP contribution in [0.3, 0.4) is 0 Å². The van der Waals surface area contributed by atoms with Gasteiger partial charge >= 0.3 is 6.18 Å². The number of ether oxygens (including phenoxy) is 1. The Morgan fingerprint density at radius 2 is 1.80 bits per heavy atom. The fourth-order valence-corrected chi connectivity index (χ4v) is 2.10. The zero-order valence-electron chi connectivity index (χ0n) is 14.9. The Bertz CT molecular complexity index is 507. The van der Waals surface area contributed by atoms with E-state index in [4.69, 9.17) is 0 Å². The van der Waals surface area contributed by atoms with Gasteiger partial charge in [-0.15, -0.1) is 24.0 Å². The number of hydrogen-bond donors (Lipinski definition) is 1. The van der Waals surface area contributed by atoms with Crippen LogP contribution in [-0.2, 0) is 17.9 Å². The molecule has 0 saturated carbocycles. The van der Waals surface area contributed by atoms with Crippen LogP contribution in [0.15, 0.2) is 29.3 Å². The summed E-state index contributed by atoms with van der Waals surface area (Å²) in [5.74, 6) is 0.820. The molecule has 0 fully saturated rings. The SMILES string of the molecule is CCCCN(C)C(=NC)NCc1ccc(COCC(F)(F)F)cc1.I. The zero-order valence-corrected chi connectivity index (χ0v) is 17.2. The topological polar surface area (TPSA) is 36.9 Å². The monoisotopic (exact) mass is 473 g/mol. The summed E-state index contributed by atoms with van der Waals surface area (Å²) in [6.07, 6.45) is -2.06. The second kappa shape index (κ2) is 12.3. The van der Waals surface area contributed by atoms with Crippen molar-refractivity contribution in [3.8, 4) is 0 Å². The summed E-state index contributed by atoms with van der Waals surface area (Å²) < 4.78 is 40.7. The van der Waals surface area contributed by atoms with Gasteiger partial charge in [-0.3, -0.25) is 4.99 Å². The first-order valence-corrected chi connectivity index (χ1v) is 7.99. The van der Waals surface area contributed by atoms with Crippen molar-refractivity contribution in [2.24, 2.45) is 4.99 Å². The molecule has 0 radical (unpaired) electrons. The molecule has 0 aliphatic rings. The standard InChI is InChI=1S/C17H26F3N3O.HI/c1-4-5-10-23(3)16(21-2)22-11-14-6-8-15(9-7-14)12-24-13-17(18,19)20;/h6-9H,4-5,10-13H2,1-3H3,(H,21,22);1H. The van der Waals surface area contributed by atoms with Crippen molar-refractivity contribution in [2.45, 2.75) is 39.1 Å². The average Bonchev–Trinajstić information content (AvgIpc) is 2.53. The minimum absolute atomic E-state index is 0. The molecule has 0 unspecified atom stereocenters. The number of guanidine groups is 1. The molecule has 0 heterocycles. The van der Waals surface area contributed by atoms with Crippen LogP contribution in [-0.4, -0.2) is 44.3 Å². The highest BCUT2D eigenvalue weighted by molar-refractivity contribution is 14.0. The van der Waals surface area contributed by atoms with Gasteiger partial charge in [0.05, 0.1) is 6.61 Å². The minimum atomic E-state index is -4.29. The first-order chi connectivity index (χ1) is 11.4. The molecule has 0 aromatic heterocycles. The molecular weight excluding hydrogens is 446 g/mol. The Balaban J connectivity index is 0.00000576. The molecular formula is C17H27F3IN3O. The Morgan fingerprint density at radius 1 is 1.20 bits per heavy atom. The lowest BCUT2D eigenvalue weighted by atomic mass is 10.1. The van der Waals surface area contributed by atoms with E-state index in [0.717, 1.165) is 30.9 Å². The summed E-state index contributed by atoms with van der Waals surface area (Å²) in [5, 5.41) is 3.27. The number of rotatable bonds is 8. The molecule has 144 valence electrons. The Kier molecular flexibility index (Phi) is 11.8. The molecule has 0 saturated heterocycles. The van der Waals surface area contributed by atoms with Gasteiger partial charge in [-0.1, -0.05) is 37.6 Å². The normalized spacial score (nSPS) is 11.8. The molecule has 1 rings (SSSR count). The lowest BCUT2D eigenvalue weighted by Gasteiger charge is -2.21. The second-order valence-corrected chi connectivity index (χ2v) is 5.60. The lowest BCUT2D eigenvalue weighted by Crippen LogP contribution is -2.38. The van der Waals surface area contributed by atoms with Crippen molar-refractivity contribution in [3.05, 3.63) is 35.4 Å². The number of nitrogens with zero attached hydrogens (tertiary/aromatic N) is 2. The van der Waals surface area contributed by atoms with Crippen molar-refractivity contribution >= 4 is 29.9 Å².